The Morgan fingerprint density at radius 2 is 1.97 bits per heavy atom. The minimum Gasteiger partial charge on any atom is -0.493 e. The third-order valence-corrected chi connectivity index (χ3v) is 5.22. The molecule has 1 amide bonds. The molecule has 1 aromatic rings. The van der Waals surface area contributed by atoms with E-state index in [9.17, 15) is 19.1 Å². The predicted molar refractivity (Wildman–Crippen MR) is 111 cm³/mol. The number of alkyl carbamates (subject to hydrolysis) is 1. The molecule has 0 aromatic heterocycles. The highest BCUT2D eigenvalue weighted by Crippen LogP contribution is 2.26. The summed E-state index contributed by atoms with van der Waals surface area (Å²) in [6.07, 6.45) is 2.25. The molecule has 0 spiro atoms. The van der Waals surface area contributed by atoms with Crippen molar-refractivity contribution in [3.8, 4) is 5.75 Å². The number of amides is 1. The second kappa shape index (κ2) is 10.6. The number of hydrogen-bond donors (Lipinski definition) is 3. The van der Waals surface area contributed by atoms with Crippen molar-refractivity contribution >= 4 is 12.1 Å². The fraction of sp³-hybridized carbons (Fsp3) is 0.636. The van der Waals surface area contributed by atoms with Crippen LogP contribution < -0.4 is 15.4 Å². The van der Waals surface area contributed by atoms with Crippen LogP contribution in [0.25, 0.3) is 0 Å². The lowest BCUT2D eigenvalue weighted by molar-refractivity contribution is -0.139. The fourth-order valence-corrected chi connectivity index (χ4v) is 3.54. The average molecular weight is 425 g/mol. The minimum absolute atomic E-state index is 0.163. The van der Waals surface area contributed by atoms with Crippen LogP contribution in [0, 0.1) is 17.7 Å². The molecule has 0 unspecified atom stereocenters. The van der Waals surface area contributed by atoms with Gasteiger partial charge in [0.1, 0.15) is 17.2 Å². The minimum atomic E-state index is -1.56. The molecule has 1 saturated heterocycles. The number of benzene rings is 1. The number of ether oxygens (including phenoxy) is 2. The van der Waals surface area contributed by atoms with E-state index in [0.717, 1.165) is 38.4 Å². The maximum Gasteiger partial charge on any atom is 0.408 e. The molecule has 0 saturated carbocycles. The Labute approximate surface area is 177 Å². The summed E-state index contributed by atoms with van der Waals surface area (Å²) in [6, 6.07) is 2.42. The van der Waals surface area contributed by atoms with Crippen molar-refractivity contribution in [2.75, 3.05) is 19.7 Å². The average Bonchev–Trinajstić information content (AvgIpc) is 2.65. The summed E-state index contributed by atoms with van der Waals surface area (Å²) in [4.78, 5) is 23.5. The third kappa shape index (κ3) is 7.48. The molecule has 7 nitrogen and oxygen atoms in total. The van der Waals surface area contributed by atoms with Gasteiger partial charge in [0.25, 0.3) is 0 Å². The molecule has 1 aliphatic heterocycles. The van der Waals surface area contributed by atoms with Gasteiger partial charge in [-0.1, -0.05) is 6.92 Å². The van der Waals surface area contributed by atoms with Crippen molar-refractivity contribution in [1.82, 2.24) is 10.6 Å². The Morgan fingerprint density at radius 1 is 1.30 bits per heavy atom. The molecular weight excluding hydrogens is 391 g/mol. The number of carboxylic acid groups (broad SMARTS) is 1. The van der Waals surface area contributed by atoms with Crippen LogP contribution >= 0.6 is 0 Å². The maximum absolute atomic E-state index is 14.6. The first kappa shape index (κ1) is 23.9. The van der Waals surface area contributed by atoms with Gasteiger partial charge in [0.15, 0.2) is 6.04 Å². The highest BCUT2D eigenvalue weighted by Gasteiger charge is 2.28. The molecular formula is C22H33FN2O5. The summed E-state index contributed by atoms with van der Waals surface area (Å²) >= 11 is 0. The molecule has 8 heteroatoms. The van der Waals surface area contributed by atoms with E-state index in [0.29, 0.717) is 24.2 Å². The summed E-state index contributed by atoms with van der Waals surface area (Å²) < 4.78 is 25.3. The van der Waals surface area contributed by atoms with E-state index >= 15 is 0 Å². The van der Waals surface area contributed by atoms with Gasteiger partial charge < -0.3 is 25.2 Å². The van der Waals surface area contributed by atoms with Crippen LogP contribution in [0.3, 0.4) is 0 Å². The normalized spacial score (nSPS) is 17.1. The van der Waals surface area contributed by atoms with Crippen LogP contribution in [0.5, 0.6) is 5.75 Å². The Kier molecular flexibility index (Phi) is 8.46. The van der Waals surface area contributed by atoms with Crippen molar-refractivity contribution in [3.63, 3.8) is 0 Å². The number of carbonyl (C=O) groups excluding carboxylic acids is 1. The number of nitrogens with one attached hydrogen (secondary N) is 2. The van der Waals surface area contributed by atoms with Gasteiger partial charge in [0.05, 0.1) is 6.61 Å². The van der Waals surface area contributed by atoms with Crippen molar-refractivity contribution < 1.29 is 28.6 Å². The summed E-state index contributed by atoms with van der Waals surface area (Å²) in [5.74, 6) is -0.628. The first-order chi connectivity index (χ1) is 14.1. The predicted octanol–water partition coefficient (Wildman–Crippen LogP) is 3.88. The van der Waals surface area contributed by atoms with E-state index in [-0.39, 0.29) is 5.56 Å². The molecule has 2 rings (SSSR count). The molecule has 0 aliphatic carbocycles. The van der Waals surface area contributed by atoms with Crippen molar-refractivity contribution in [3.05, 3.63) is 29.6 Å². The first-order valence-corrected chi connectivity index (χ1v) is 10.4. The molecule has 3 N–H and O–H groups in total. The standard InChI is InChI=1S/C22H33FN2O5/c1-14(15-7-10-24-11-8-15)9-12-29-16-5-6-17(18(23)13-16)19(20(26)27)25-21(28)30-22(2,3)4/h5-6,13-15,19,24H,7-12H2,1-4H3,(H,25,28)(H,26,27)/t14-,19+/m1/s1. The Hall–Kier alpha value is -2.35. The highest BCUT2D eigenvalue weighted by atomic mass is 19.1. The molecule has 1 heterocycles. The van der Waals surface area contributed by atoms with Gasteiger partial charge in [-0.3, -0.25) is 0 Å². The lowest BCUT2D eigenvalue weighted by Crippen LogP contribution is -2.38. The zero-order valence-electron chi connectivity index (χ0n) is 18.2. The Bertz CT molecular complexity index is 729. The van der Waals surface area contributed by atoms with Crippen LogP contribution in [-0.2, 0) is 9.53 Å². The van der Waals surface area contributed by atoms with Crippen LogP contribution in [0.4, 0.5) is 9.18 Å². The van der Waals surface area contributed by atoms with E-state index in [1.54, 1.807) is 20.8 Å². The first-order valence-electron chi connectivity index (χ1n) is 10.4. The van der Waals surface area contributed by atoms with Gasteiger partial charge in [-0.05, 0) is 77.1 Å². The number of rotatable bonds is 8. The number of aliphatic carboxylic acids is 1. The zero-order chi connectivity index (χ0) is 22.3. The van der Waals surface area contributed by atoms with Gasteiger partial charge in [0, 0.05) is 11.6 Å². The second-order valence-corrected chi connectivity index (χ2v) is 8.80. The third-order valence-electron chi connectivity index (χ3n) is 5.22. The van der Waals surface area contributed by atoms with Crippen LogP contribution in [-0.4, -0.2) is 42.5 Å². The van der Waals surface area contributed by atoms with Crippen LogP contribution in [0.2, 0.25) is 0 Å². The number of hydrogen-bond acceptors (Lipinski definition) is 5. The molecule has 30 heavy (non-hydrogen) atoms. The topological polar surface area (TPSA) is 96.9 Å². The number of piperidine rings is 1. The van der Waals surface area contributed by atoms with Crippen molar-refractivity contribution in [2.45, 2.75) is 58.6 Å². The lowest BCUT2D eigenvalue weighted by atomic mass is 9.84. The van der Waals surface area contributed by atoms with Gasteiger partial charge in [-0.15, -0.1) is 0 Å². The monoisotopic (exact) mass is 424 g/mol. The number of carbonyl (C=O) groups is 2. The highest BCUT2D eigenvalue weighted by molar-refractivity contribution is 5.81. The summed E-state index contributed by atoms with van der Waals surface area (Å²) in [5, 5.41) is 15.0. The van der Waals surface area contributed by atoms with E-state index < -0.39 is 29.5 Å². The molecule has 1 aliphatic rings. The zero-order valence-corrected chi connectivity index (χ0v) is 18.2. The molecule has 0 bridgehead atoms. The van der Waals surface area contributed by atoms with Gasteiger partial charge in [0.2, 0.25) is 0 Å². The summed E-state index contributed by atoms with van der Waals surface area (Å²) in [5.41, 5.74) is -0.960. The largest absolute Gasteiger partial charge is 0.493 e. The van der Waals surface area contributed by atoms with Crippen LogP contribution in [0.1, 0.15) is 58.6 Å². The quantitative estimate of drug-likeness (QED) is 0.586. The Morgan fingerprint density at radius 3 is 2.53 bits per heavy atom. The van der Waals surface area contributed by atoms with Gasteiger partial charge in [-0.2, -0.15) is 0 Å². The molecule has 1 aromatic carbocycles. The summed E-state index contributed by atoms with van der Waals surface area (Å²) in [7, 11) is 0. The van der Waals surface area contributed by atoms with E-state index in [1.807, 2.05) is 0 Å². The molecule has 2 atom stereocenters. The van der Waals surface area contributed by atoms with Crippen molar-refractivity contribution in [2.24, 2.45) is 11.8 Å². The smallest absolute Gasteiger partial charge is 0.408 e. The van der Waals surface area contributed by atoms with Crippen LogP contribution in [0.15, 0.2) is 18.2 Å². The molecule has 0 radical (unpaired) electrons. The second-order valence-electron chi connectivity index (χ2n) is 8.80. The summed E-state index contributed by atoms with van der Waals surface area (Å²) in [6.45, 7) is 9.73. The fourth-order valence-electron chi connectivity index (χ4n) is 3.54. The maximum atomic E-state index is 14.6. The van der Waals surface area contributed by atoms with E-state index in [2.05, 4.69) is 17.6 Å². The SMILES string of the molecule is C[C@H](CCOc1ccc([C@H](NC(=O)OC(C)(C)C)C(=O)O)c(F)c1)C1CCNCC1. The Balaban J connectivity index is 1.95. The number of carboxylic acids is 1. The lowest BCUT2D eigenvalue weighted by Gasteiger charge is -2.28. The van der Waals surface area contributed by atoms with E-state index in [4.69, 9.17) is 9.47 Å². The van der Waals surface area contributed by atoms with E-state index in [1.165, 1.54) is 12.1 Å². The van der Waals surface area contributed by atoms with Gasteiger partial charge in [-0.25, -0.2) is 14.0 Å². The van der Waals surface area contributed by atoms with Crippen molar-refractivity contribution in [1.29, 1.82) is 0 Å². The molecule has 1 fully saturated rings. The number of halogens is 1. The molecule has 168 valence electrons. The van der Waals surface area contributed by atoms with Gasteiger partial charge >= 0.3 is 12.1 Å².